The summed E-state index contributed by atoms with van der Waals surface area (Å²) in [6.07, 6.45) is 4.16. The van der Waals surface area contributed by atoms with Gasteiger partial charge in [0.15, 0.2) is 0 Å². The van der Waals surface area contributed by atoms with E-state index in [0.717, 1.165) is 12.8 Å². The van der Waals surface area contributed by atoms with Gasteiger partial charge in [-0.2, -0.15) is 0 Å². The van der Waals surface area contributed by atoms with Gasteiger partial charge >= 0.3 is 5.69 Å². The Labute approximate surface area is 85.9 Å². The molecule has 0 spiro atoms. The molecule has 0 atom stereocenters. The summed E-state index contributed by atoms with van der Waals surface area (Å²) in [5, 5.41) is 13.4. The van der Waals surface area contributed by atoms with Crippen LogP contribution in [0, 0.1) is 10.1 Å². The van der Waals surface area contributed by atoms with Gasteiger partial charge in [0.25, 0.3) is 0 Å². The van der Waals surface area contributed by atoms with Gasteiger partial charge < -0.3 is 11.1 Å². The van der Waals surface area contributed by atoms with Crippen molar-refractivity contribution in [2.24, 2.45) is 5.73 Å². The Morgan fingerprint density at radius 3 is 2.53 bits per heavy atom. The van der Waals surface area contributed by atoms with E-state index in [9.17, 15) is 10.1 Å². The summed E-state index contributed by atoms with van der Waals surface area (Å²) in [6.45, 7) is 0. The third-order valence-electron chi connectivity index (χ3n) is 2.36. The van der Waals surface area contributed by atoms with Crippen molar-refractivity contribution in [2.45, 2.75) is 24.9 Å². The molecule has 1 saturated carbocycles. The zero-order valence-corrected chi connectivity index (χ0v) is 7.96. The number of nitrogens with one attached hydrogen (secondary N) is 1. The van der Waals surface area contributed by atoms with E-state index in [1.807, 2.05) is 0 Å². The molecular weight excluding hydrogens is 198 g/mol. The molecule has 7 heteroatoms. The van der Waals surface area contributed by atoms with Crippen LogP contribution in [0.1, 0.15) is 12.8 Å². The van der Waals surface area contributed by atoms with Crippen molar-refractivity contribution in [3.8, 4) is 0 Å². The molecule has 0 radical (unpaired) electrons. The Bertz CT molecular complexity index is 360. The van der Waals surface area contributed by atoms with Crippen LogP contribution in [0.5, 0.6) is 0 Å². The number of hydrogen-bond donors (Lipinski definition) is 2. The van der Waals surface area contributed by atoms with Gasteiger partial charge in [-0.1, -0.05) is 0 Å². The van der Waals surface area contributed by atoms with Gasteiger partial charge in [-0.3, -0.25) is 10.1 Å². The predicted molar refractivity (Wildman–Crippen MR) is 53.3 cm³/mol. The Balaban J connectivity index is 1.95. The van der Waals surface area contributed by atoms with E-state index in [4.69, 9.17) is 5.73 Å². The smallest absolute Gasteiger partial charge is 0.305 e. The highest BCUT2D eigenvalue weighted by molar-refractivity contribution is 5.32. The quantitative estimate of drug-likeness (QED) is 0.547. The number of aromatic nitrogens is 2. The fraction of sp³-hybridized carbons (Fsp3) is 0.500. The summed E-state index contributed by atoms with van der Waals surface area (Å²) in [7, 11) is 0. The molecule has 1 aromatic heterocycles. The zero-order chi connectivity index (χ0) is 10.8. The van der Waals surface area contributed by atoms with Crippen molar-refractivity contribution in [1.29, 1.82) is 0 Å². The maximum atomic E-state index is 10.3. The fourth-order valence-electron chi connectivity index (χ4n) is 1.45. The highest BCUT2D eigenvalue weighted by atomic mass is 16.6. The van der Waals surface area contributed by atoms with Crippen LogP contribution in [0.15, 0.2) is 12.4 Å². The van der Waals surface area contributed by atoms with Gasteiger partial charge in [0.05, 0.1) is 4.92 Å². The largest absolute Gasteiger partial charge is 0.351 e. The summed E-state index contributed by atoms with van der Waals surface area (Å²) in [6, 6.07) is 0.544. The first kappa shape index (κ1) is 9.78. The second-order valence-electron chi connectivity index (χ2n) is 3.59. The number of hydrogen-bond acceptors (Lipinski definition) is 6. The molecular formula is C8H11N5O2. The molecule has 1 heterocycles. The lowest BCUT2D eigenvalue weighted by molar-refractivity contribution is -0.385. The molecule has 0 unspecified atom stereocenters. The molecule has 0 aromatic carbocycles. The molecule has 0 saturated heterocycles. The van der Waals surface area contributed by atoms with Crippen molar-refractivity contribution in [3.63, 3.8) is 0 Å². The SMILES string of the molecule is NC1CC(Nc2ncc([N+](=O)[O-])cn2)C1. The number of nitrogens with zero attached hydrogens (tertiary/aromatic N) is 3. The first-order valence-electron chi connectivity index (χ1n) is 4.63. The van der Waals surface area contributed by atoms with E-state index < -0.39 is 4.92 Å². The van der Waals surface area contributed by atoms with Gasteiger partial charge in [0.1, 0.15) is 12.4 Å². The van der Waals surface area contributed by atoms with Crippen molar-refractivity contribution in [1.82, 2.24) is 9.97 Å². The lowest BCUT2D eigenvalue weighted by Gasteiger charge is -2.32. The standard InChI is InChI=1S/C8H11N5O2/c9-5-1-6(2-5)12-8-10-3-7(4-11-8)13(14)15/h3-6H,1-2,9H2,(H,10,11,12). The molecule has 1 aromatic rings. The predicted octanol–water partition coefficient (Wildman–Crippen LogP) is 0.286. The molecule has 0 aliphatic heterocycles. The van der Waals surface area contributed by atoms with E-state index in [-0.39, 0.29) is 11.7 Å². The highest BCUT2D eigenvalue weighted by Gasteiger charge is 2.26. The van der Waals surface area contributed by atoms with E-state index in [0.29, 0.717) is 12.0 Å². The molecule has 7 nitrogen and oxygen atoms in total. The second-order valence-corrected chi connectivity index (χ2v) is 3.59. The first-order chi connectivity index (χ1) is 7.15. The Morgan fingerprint density at radius 1 is 1.47 bits per heavy atom. The van der Waals surface area contributed by atoms with Crippen LogP contribution in [0.25, 0.3) is 0 Å². The molecule has 15 heavy (non-hydrogen) atoms. The maximum absolute atomic E-state index is 10.3. The Morgan fingerprint density at radius 2 is 2.07 bits per heavy atom. The molecule has 3 N–H and O–H groups in total. The second kappa shape index (κ2) is 3.77. The number of rotatable bonds is 3. The average molecular weight is 209 g/mol. The molecule has 1 aliphatic rings. The molecule has 2 rings (SSSR count). The molecule has 1 aliphatic carbocycles. The molecule has 0 amide bonds. The summed E-state index contributed by atoms with van der Waals surface area (Å²) >= 11 is 0. The molecule has 1 fully saturated rings. The van der Waals surface area contributed by atoms with Crippen LogP contribution in [0.3, 0.4) is 0 Å². The lowest BCUT2D eigenvalue weighted by Crippen LogP contribution is -2.44. The minimum Gasteiger partial charge on any atom is -0.351 e. The van der Waals surface area contributed by atoms with Crippen molar-refractivity contribution in [3.05, 3.63) is 22.5 Å². The third-order valence-corrected chi connectivity index (χ3v) is 2.36. The van der Waals surface area contributed by atoms with Crippen LogP contribution >= 0.6 is 0 Å². The topological polar surface area (TPSA) is 107 Å². The summed E-state index contributed by atoms with van der Waals surface area (Å²) in [5.41, 5.74) is 5.51. The van der Waals surface area contributed by atoms with Crippen LogP contribution in [-0.2, 0) is 0 Å². The van der Waals surface area contributed by atoms with E-state index in [1.54, 1.807) is 0 Å². The normalized spacial score (nSPS) is 24.3. The average Bonchev–Trinajstić information content (AvgIpc) is 2.16. The number of nitrogens with two attached hydrogens (primary N) is 1. The maximum Gasteiger partial charge on any atom is 0.305 e. The highest BCUT2D eigenvalue weighted by Crippen LogP contribution is 2.21. The van der Waals surface area contributed by atoms with E-state index in [1.165, 1.54) is 12.4 Å². The van der Waals surface area contributed by atoms with Gasteiger partial charge in [-0.05, 0) is 12.8 Å². The van der Waals surface area contributed by atoms with Crippen molar-refractivity contribution < 1.29 is 4.92 Å². The third kappa shape index (κ3) is 2.18. The molecule has 0 bridgehead atoms. The number of anilines is 1. The van der Waals surface area contributed by atoms with Gasteiger partial charge in [-0.25, -0.2) is 9.97 Å². The van der Waals surface area contributed by atoms with E-state index >= 15 is 0 Å². The van der Waals surface area contributed by atoms with Crippen molar-refractivity contribution in [2.75, 3.05) is 5.32 Å². The Kier molecular flexibility index (Phi) is 2.46. The minimum atomic E-state index is -0.525. The Hall–Kier alpha value is -1.76. The van der Waals surface area contributed by atoms with Crippen LogP contribution < -0.4 is 11.1 Å². The first-order valence-corrected chi connectivity index (χ1v) is 4.63. The van der Waals surface area contributed by atoms with E-state index in [2.05, 4.69) is 15.3 Å². The fourth-order valence-corrected chi connectivity index (χ4v) is 1.45. The van der Waals surface area contributed by atoms with Gasteiger partial charge in [0, 0.05) is 12.1 Å². The summed E-state index contributed by atoms with van der Waals surface area (Å²) in [4.78, 5) is 17.5. The lowest BCUT2D eigenvalue weighted by atomic mass is 9.88. The zero-order valence-electron chi connectivity index (χ0n) is 7.96. The van der Waals surface area contributed by atoms with Crippen molar-refractivity contribution >= 4 is 11.6 Å². The minimum absolute atomic E-state index is 0.106. The molecule has 80 valence electrons. The van der Waals surface area contributed by atoms with Gasteiger partial charge in [-0.15, -0.1) is 0 Å². The summed E-state index contributed by atoms with van der Waals surface area (Å²) < 4.78 is 0. The van der Waals surface area contributed by atoms with Crippen LogP contribution in [0.4, 0.5) is 11.6 Å². The summed E-state index contributed by atoms with van der Waals surface area (Å²) in [5.74, 6) is 0.414. The van der Waals surface area contributed by atoms with Gasteiger partial charge in [0.2, 0.25) is 5.95 Å². The van der Waals surface area contributed by atoms with Crippen LogP contribution in [0.2, 0.25) is 0 Å². The number of nitro groups is 1. The van der Waals surface area contributed by atoms with Crippen LogP contribution in [-0.4, -0.2) is 27.0 Å². The monoisotopic (exact) mass is 209 g/mol.